The van der Waals surface area contributed by atoms with E-state index in [2.05, 4.69) is 6.92 Å². The van der Waals surface area contributed by atoms with Gasteiger partial charge in [0.2, 0.25) is 0 Å². The summed E-state index contributed by atoms with van der Waals surface area (Å²) in [6, 6.07) is 6.77. The van der Waals surface area contributed by atoms with Crippen LogP contribution in [0.1, 0.15) is 52.0 Å². The van der Waals surface area contributed by atoms with E-state index in [1.165, 1.54) is 12.8 Å². The van der Waals surface area contributed by atoms with Crippen LogP contribution in [-0.2, 0) is 14.9 Å². The number of phenols is 1. The van der Waals surface area contributed by atoms with E-state index in [4.69, 9.17) is 4.74 Å². The van der Waals surface area contributed by atoms with Gasteiger partial charge in [-0.1, -0.05) is 38.3 Å². The molecule has 0 aliphatic rings. The molecule has 0 atom stereocenters. The summed E-state index contributed by atoms with van der Waals surface area (Å²) in [5, 5.41) is 9.48. The minimum absolute atomic E-state index is 0.168. The normalized spacial score (nSPS) is 11.3. The summed E-state index contributed by atoms with van der Waals surface area (Å²) in [5.74, 6) is -0.0732. The van der Waals surface area contributed by atoms with E-state index in [0.717, 1.165) is 18.4 Å². The summed E-state index contributed by atoms with van der Waals surface area (Å²) >= 11 is 0. The molecule has 1 rings (SSSR count). The fourth-order valence-electron chi connectivity index (χ4n) is 1.89. The number of benzene rings is 1. The standard InChI is InChI=1S/C16H24O3/c1-4-5-6-7-11-19-15(18)16(2,3)13-9-8-10-14(17)12-13/h8-10,12,17H,4-7,11H2,1-3H3. The van der Waals surface area contributed by atoms with Gasteiger partial charge in [-0.25, -0.2) is 0 Å². The number of phenolic OH excluding ortho intramolecular Hbond substituents is 1. The van der Waals surface area contributed by atoms with Gasteiger partial charge in [0.25, 0.3) is 0 Å². The predicted octanol–water partition coefficient (Wildman–Crippen LogP) is 3.79. The first-order chi connectivity index (χ1) is 8.98. The SMILES string of the molecule is CCCCCCOC(=O)C(C)(C)c1cccc(O)c1. The van der Waals surface area contributed by atoms with Crippen molar-refractivity contribution in [2.45, 2.75) is 51.9 Å². The van der Waals surface area contributed by atoms with E-state index in [1.807, 2.05) is 19.9 Å². The molecule has 0 radical (unpaired) electrons. The molecule has 0 saturated carbocycles. The molecule has 0 fully saturated rings. The zero-order valence-corrected chi connectivity index (χ0v) is 12.1. The number of carbonyl (C=O) groups excluding carboxylic acids is 1. The maximum atomic E-state index is 12.1. The smallest absolute Gasteiger partial charge is 0.315 e. The number of hydrogen-bond acceptors (Lipinski definition) is 3. The highest BCUT2D eigenvalue weighted by molar-refractivity contribution is 5.82. The quantitative estimate of drug-likeness (QED) is 0.602. The maximum Gasteiger partial charge on any atom is 0.315 e. The molecule has 0 unspecified atom stereocenters. The number of carbonyl (C=O) groups is 1. The van der Waals surface area contributed by atoms with Crippen LogP contribution in [0, 0.1) is 0 Å². The average Bonchev–Trinajstić information content (AvgIpc) is 2.38. The number of rotatable bonds is 7. The average molecular weight is 264 g/mol. The van der Waals surface area contributed by atoms with Gasteiger partial charge in [-0.2, -0.15) is 0 Å². The number of ether oxygens (including phenoxy) is 1. The van der Waals surface area contributed by atoms with Crippen LogP contribution in [0.25, 0.3) is 0 Å². The topological polar surface area (TPSA) is 46.5 Å². The minimum atomic E-state index is -0.733. The van der Waals surface area contributed by atoms with Crippen molar-refractivity contribution in [1.82, 2.24) is 0 Å². The van der Waals surface area contributed by atoms with Gasteiger partial charge < -0.3 is 9.84 Å². The lowest BCUT2D eigenvalue weighted by Gasteiger charge is -2.23. The van der Waals surface area contributed by atoms with Gasteiger partial charge in [0.05, 0.1) is 12.0 Å². The molecule has 0 aromatic heterocycles. The van der Waals surface area contributed by atoms with Crippen LogP contribution < -0.4 is 0 Å². The third-order valence-electron chi connectivity index (χ3n) is 3.31. The lowest BCUT2D eigenvalue weighted by atomic mass is 9.84. The van der Waals surface area contributed by atoms with E-state index in [9.17, 15) is 9.90 Å². The number of esters is 1. The van der Waals surface area contributed by atoms with Gasteiger partial charge in [-0.05, 0) is 38.0 Å². The van der Waals surface area contributed by atoms with Crippen LogP contribution in [0.2, 0.25) is 0 Å². The molecule has 1 N–H and O–H groups in total. The van der Waals surface area contributed by atoms with Crippen molar-refractivity contribution >= 4 is 5.97 Å². The number of unbranched alkanes of at least 4 members (excludes halogenated alkanes) is 3. The first-order valence-electron chi connectivity index (χ1n) is 6.95. The zero-order chi connectivity index (χ0) is 14.3. The van der Waals surface area contributed by atoms with Crippen molar-refractivity contribution in [2.24, 2.45) is 0 Å². The van der Waals surface area contributed by atoms with Crippen LogP contribution in [0.5, 0.6) is 5.75 Å². The summed E-state index contributed by atoms with van der Waals surface area (Å²) in [4.78, 5) is 12.1. The van der Waals surface area contributed by atoms with E-state index < -0.39 is 5.41 Å². The molecule has 3 heteroatoms. The zero-order valence-electron chi connectivity index (χ0n) is 12.1. The molecule has 0 aliphatic heterocycles. The van der Waals surface area contributed by atoms with Crippen LogP contribution in [0.3, 0.4) is 0 Å². The highest BCUT2D eigenvalue weighted by atomic mass is 16.5. The number of hydrogen-bond donors (Lipinski definition) is 1. The Morgan fingerprint density at radius 1 is 1.26 bits per heavy atom. The van der Waals surface area contributed by atoms with E-state index >= 15 is 0 Å². The summed E-state index contributed by atoms with van der Waals surface area (Å²) in [7, 11) is 0. The molecule has 0 amide bonds. The van der Waals surface area contributed by atoms with Crippen molar-refractivity contribution in [3.8, 4) is 5.75 Å². The summed E-state index contributed by atoms with van der Waals surface area (Å²) in [5.41, 5.74) is 0.0369. The van der Waals surface area contributed by atoms with Gasteiger partial charge in [-0.15, -0.1) is 0 Å². The van der Waals surface area contributed by atoms with E-state index in [-0.39, 0.29) is 11.7 Å². The Balaban J connectivity index is 2.54. The lowest BCUT2D eigenvalue weighted by molar-refractivity contribution is -0.149. The monoisotopic (exact) mass is 264 g/mol. The van der Waals surface area contributed by atoms with Crippen LogP contribution in [0.15, 0.2) is 24.3 Å². The predicted molar refractivity (Wildman–Crippen MR) is 76.2 cm³/mol. The Bertz CT molecular complexity index is 410. The van der Waals surface area contributed by atoms with Crippen molar-refractivity contribution in [1.29, 1.82) is 0 Å². The molecule has 1 aromatic carbocycles. The maximum absolute atomic E-state index is 12.1. The molecule has 0 saturated heterocycles. The third-order valence-corrected chi connectivity index (χ3v) is 3.31. The second-order valence-electron chi connectivity index (χ2n) is 5.37. The molecule has 0 spiro atoms. The van der Waals surface area contributed by atoms with Gasteiger partial charge >= 0.3 is 5.97 Å². The van der Waals surface area contributed by atoms with Crippen LogP contribution in [0.4, 0.5) is 0 Å². The van der Waals surface area contributed by atoms with Crippen molar-refractivity contribution in [3.63, 3.8) is 0 Å². The van der Waals surface area contributed by atoms with Crippen molar-refractivity contribution in [3.05, 3.63) is 29.8 Å². The van der Waals surface area contributed by atoms with E-state index in [0.29, 0.717) is 6.61 Å². The van der Waals surface area contributed by atoms with Gasteiger partial charge in [0, 0.05) is 0 Å². The molecule has 19 heavy (non-hydrogen) atoms. The van der Waals surface area contributed by atoms with Crippen LogP contribution >= 0.6 is 0 Å². The highest BCUT2D eigenvalue weighted by Crippen LogP contribution is 2.27. The fraction of sp³-hybridized carbons (Fsp3) is 0.562. The molecular formula is C16H24O3. The number of aromatic hydroxyl groups is 1. The Labute approximate surface area is 115 Å². The molecular weight excluding hydrogens is 240 g/mol. The molecule has 0 bridgehead atoms. The second-order valence-corrected chi connectivity index (χ2v) is 5.37. The Morgan fingerprint density at radius 3 is 2.63 bits per heavy atom. The van der Waals surface area contributed by atoms with Gasteiger partial charge in [0.1, 0.15) is 5.75 Å². The highest BCUT2D eigenvalue weighted by Gasteiger charge is 2.31. The molecule has 1 aromatic rings. The Kier molecular flexibility index (Phi) is 5.87. The lowest BCUT2D eigenvalue weighted by Crippen LogP contribution is -2.31. The van der Waals surface area contributed by atoms with Gasteiger partial charge in [0.15, 0.2) is 0 Å². The van der Waals surface area contributed by atoms with Crippen molar-refractivity contribution in [2.75, 3.05) is 6.61 Å². The van der Waals surface area contributed by atoms with Gasteiger partial charge in [-0.3, -0.25) is 4.79 Å². The largest absolute Gasteiger partial charge is 0.508 e. The first kappa shape index (κ1) is 15.5. The molecule has 3 nitrogen and oxygen atoms in total. The van der Waals surface area contributed by atoms with Crippen LogP contribution in [-0.4, -0.2) is 17.7 Å². The molecule has 0 heterocycles. The third kappa shape index (κ3) is 4.58. The summed E-state index contributed by atoms with van der Waals surface area (Å²) < 4.78 is 5.33. The molecule has 0 aliphatic carbocycles. The first-order valence-corrected chi connectivity index (χ1v) is 6.95. The second kappa shape index (κ2) is 7.17. The van der Waals surface area contributed by atoms with Crippen molar-refractivity contribution < 1.29 is 14.6 Å². The Morgan fingerprint density at radius 2 is 2.00 bits per heavy atom. The minimum Gasteiger partial charge on any atom is -0.508 e. The summed E-state index contributed by atoms with van der Waals surface area (Å²) in [6.07, 6.45) is 4.35. The Hall–Kier alpha value is -1.51. The molecule has 106 valence electrons. The fourth-order valence-corrected chi connectivity index (χ4v) is 1.89. The van der Waals surface area contributed by atoms with E-state index in [1.54, 1.807) is 18.2 Å². The summed E-state index contributed by atoms with van der Waals surface area (Å²) in [6.45, 7) is 6.25.